The van der Waals surface area contributed by atoms with E-state index in [4.69, 9.17) is 14.8 Å². The molecule has 4 rings (SSSR count). The van der Waals surface area contributed by atoms with Gasteiger partial charge in [-0.05, 0) is 58.9 Å². The lowest BCUT2D eigenvalue weighted by atomic mass is 10.1. The summed E-state index contributed by atoms with van der Waals surface area (Å²) in [7, 11) is 1.95. The summed E-state index contributed by atoms with van der Waals surface area (Å²) >= 11 is 0. The van der Waals surface area contributed by atoms with E-state index in [0.29, 0.717) is 19.0 Å². The van der Waals surface area contributed by atoms with Gasteiger partial charge in [0.05, 0.1) is 41.5 Å². The van der Waals surface area contributed by atoms with E-state index in [1.807, 2.05) is 49.3 Å². The van der Waals surface area contributed by atoms with Crippen LogP contribution in [-0.2, 0) is 13.6 Å². The zero-order chi connectivity index (χ0) is 22.1. The topological polar surface area (TPSA) is 82.7 Å². The first kappa shape index (κ1) is 20.8. The van der Waals surface area contributed by atoms with Gasteiger partial charge in [0.1, 0.15) is 11.0 Å². The standard InChI is InChI=1S/C23H29N7O/c1-7-31-23-18(9-8-10-24-23)19-12-20(25-13-17-11-15(4)29(6)28-17)22-21(26-19)16(5)27-30(22)14(2)3/h8-12,14H,7,13H2,1-6H3,(H,25,26). The molecule has 0 aromatic carbocycles. The maximum absolute atomic E-state index is 5.76. The molecule has 0 fully saturated rings. The summed E-state index contributed by atoms with van der Waals surface area (Å²) < 4.78 is 9.67. The van der Waals surface area contributed by atoms with Gasteiger partial charge in [-0.15, -0.1) is 0 Å². The van der Waals surface area contributed by atoms with Gasteiger partial charge in [-0.25, -0.2) is 9.97 Å². The lowest BCUT2D eigenvalue weighted by molar-refractivity contribution is 0.328. The summed E-state index contributed by atoms with van der Waals surface area (Å²) in [6, 6.07) is 8.24. The molecule has 0 unspecified atom stereocenters. The number of aromatic nitrogens is 6. The van der Waals surface area contributed by atoms with Crippen LogP contribution in [0.4, 0.5) is 5.69 Å². The van der Waals surface area contributed by atoms with E-state index in [-0.39, 0.29) is 6.04 Å². The minimum absolute atomic E-state index is 0.207. The van der Waals surface area contributed by atoms with Crippen molar-refractivity contribution in [2.45, 2.75) is 47.2 Å². The number of pyridine rings is 2. The van der Waals surface area contributed by atoms with Crippen LogP contribution in [0.25, 0.3) is 22.3 Å². The van der Waals surface area contributed by atoms with Crippen molar-refractivity contribution in [1.82, 2.24) is 29.5 Å². The average Bonchev–Trinajstić information content (AvgIpc) is 3.26. The Bertz CT molecular complexity index is 1200. The Morgan fingerprint density at radius 3 is 2.65 bits per heavy atom. The molecule has 1 N–H and O–H groups in total. The molecule has 31 heavy (non-hydrogen) atoms. The van der Waals surface area contributed by atoms with Crippen LogP contribution in [0, 0.1) is 13.8 Å². The molecule has 8 heteroatoms. The van der Waals surface area contributed by atoms with Crippen molar-refractivity contribution in [2.24, 2.45) is 7.05 Å². The van der Waals surface area contributed by atoms with E-state index in [0.717, 1.165) is 45.1 Å². The maximum atomic E-state index is 5.76. The molecule has 8 nitrogen and oxygen atoms in total. The van der Waals surface area contributed by atoms with Gasteiger partial charge < -0.3 is 10.1 Å². The predicted octanol–water partition coefficient (Wildman–Crippen LogP) is 4.44. The van der Waals surface area contributed by atoms with Crippen LogP contribution in [0.3, 0.4) is 0 Å². The molecule has 162 valence electrons. The van der Waals surface area contributed by atoms with Gasteiger partial charge in [-0.3, -0.25) is 9.36 Å². The van der Waals surface area contributed by atoms with Gasteiger partial charge in [-0.1, -0.05) is 0 Å². The van der Waals surface area contributed by atoms with E-state index in [1.165, 1.54) is 0 Å². The lowest BCUT2D eigenvalue weighted by Crippen LogP contribution is -2.08. The first-order valence-corrected chi connectivity index (χ1v) is 10.6. The monoisotopic (exact) mass is 419 g/mol. The fraction of sp³-hybridized carbons (Fsp3) is 0.391. The third-order valence-electron chi connectivity index (χ3n) is 5.26. The normalized spacial score (nSPS) is 11.5. The van der Waals surface area contributed by atoms with Crippen molar-refractivity contribution in [3.63, 3.8) is 0 Å². The van der Waals surface area contributed by atoms with Crippen LogP contribution in [0.15, 0.2) is 30.5 Å². The molecule has 0 aliphatic rings. The number of ether oxygens (including phenoxy) is 1. The fourth-order valence-electron chi connectivity index (χ4n) is 3.67. The van der Waals surface area contributed by atoms with Gasteiger partial charge in [0.2, 0.25) is 5.88 Å². The highest BCUT2D eigenvalue weighted by molar-refractivity contribution is 5.93. The minimum atomic E-state index is 0.207. The Labute approximate surface area is 182 Å². The summed E-state index contributed by atoms with van der Waals surface area (Å²) in [6.45, 7) is 11.4. The van der Waals surface area contributed by atoms with Gasteiger partial charge >= 0.3 is 0 Å². The summed E-state index contributed by atoms with van der Waals surface area (Å²) in [5.41, 5.74) is 7.48. The van der Waals surface area contributed by atoms with E-state index >= 15 is 0 Å². The molecule has 0 saturated heterocycles. The second-order valence-corrected chi connectivity index (χ2v) is 7.92. The molecule has 0 aliphatic carbocycles. The Balaban J connectivity index is 1.85. The van der Waals surface area contributed by atoms with Crippen LogP contribution in [0.1, 0.15) is 43.9 Å². The average molecular weight is 420 g/mol. The van der Waals surface area contributed by atoms with Crippen molar-refractivity contribution >= 4 is 16.7 Å². The van der Waals surface area contributed by atoms with Crippen LogP contribution in [0.2, 0.25) is 0 Å². The highest BCUT2D eigenvalue weighted by atomic mass is 16.5. The number of hydrogen-bond acceptors (Lipinski definition) is 6. The Morgan fingerprint density at radius 1 is 1.16 bits per heavy atom. The van der Waals surface area contributed by atoms with Crippen LogP contribution in [-0.4, -0.2) is 36.1 Å². The zero-order valence-electron chi connectivity index (χ0n) is 19.0. The molecule has 0 bridgehead atoms. The lowest BCUT2D eigenvalue weighted by Gasteiger charge is -2.14. The van der Waals surface area contributed by atoms with E-state index < -0.39 is 0 Å². The number of anilines is 1. The zero-order valence-corrected chi connectivity index (χ0v) is 19.0. The molecule has 4 heterocycles. The summed E-state index contributed by atoms with van der Waals surface area (Å²) in [5, 5.41) is 12.9. The van der Waals surface area contributed by atoms with Crippen molar-refractivity contribution in [3.05, 3.63) is 47.5 Å². The van der Waals surface area contributed by atoms with Crippen molar-refractivity contribution in [2.75, 3.05) is 11.9 Å². The maximum Gasteiger partial charge on any atom is 0.222 e. The molecule has 0 atom stereocenters. The largest absolute Gasteiger partial charge is 0.477 e. The molecule has 0 saturated carbocycles. The Kier molecular flexibility index (Phi) is 5.63. The third kappa shape index (κ3) is 3.97. The highest BCUT2D eigenvalue weighted by Crippen LogP contribution is 2.34. The summed E-state index contributed by atoms with van der Waals surface area (Å²) in [4.78, 5) is 9.36. The van der Waals surface area contributed by atoms with E-state index in [2.05, 4.69) is 41.4 Å². The number of fused-ring (bicyclic) bond motifs is 1. The van der Waals surface area contributed by atoms with Crippen LogP contribution >= 0.6 is 0 Å². The Morgan fingerprint density at radius 2 is 1.97 bits per heavy atom. The number of hydrogen-bond donors (Lipinski definition) is 1. The van der Waals surface area contributed by atoms with E-state index in [1.54, 1.807) is 6.20 Å². The van der Waals surface area contributed by atoms with Crippen LogP contribution < -0.4 is 10.1 Å². The molecule has 0 aliphatic heterocycles. The number of rotatable bonds is 7. The van der Waals surface area contributed by atoms with Crippen molar-refractivity contribution in [3.8, 4) is 17.1 Å². The first-order valence-electron chi connectivity index (χ1n) is 10.6. The van der Waals surface area contributed by atoms with Gasteiger partial charge in [-0.2, -0.15) is 10.2 Å². The fourth-order valence-corrected chi connectivity index (χ4v) is 3.67. The molecule has 0 amide bonds. The summed E-state index contributed by atoms with van der Waals surface area (Å²) in [5.74, 6) is 0.581. The predicted molar refractivity (Wildman–Crippen MR) is 122 cm³/mol. The minimum Gasteiger partial charge on any atom is -0.477 e. The van der Waals surface area contributed by atoms with Crippen LogP contribution in [0.5, 0.6) is 5.88 Å². The highest BCUT2D eigenvalue weighted by Gasteiger charge is 2.19. The van der Waals surface area contributed by atoms with Gasteiger partial charge in [0, 0.05) is 25.0 Å². The second kappa shape index (κ2) is 8.37. The SMILES string of the molecule is CCOc1ncccc1-c1cc(NCc2cc(C)n(C)n2)c2c(n1)c(C)nn2C(C)C. The smallest absolute Gasteiger partial charge is 0.222 e. The molecular formula is C23H29N7O. The number of nitrogens with one attached hydrogen (secondary N) is 1. The molecule has 0 spiro atoms. The van der Waals surface area contributed by atoms with Gasteiger partial charge in [0.25, 0.3) is 0 Å². The molecular weight excluding hydrogens is 390 g/mol. The van der Waals surface area contributed by atoms with Gasteiger partial charge in [0.15, 0.2) is 0 Å². The first-order chi connectivity index (χ1) is 14.9. The van der Waals surface area contributed by atoms with E-state index in [9.17, 15) is 0 Å². The van der Waals surface area contributed by atoms with Crippen molar-refractivity contribution < 1.29 is 4.74 Å². The number of aryl methyl sites for hydroxylation is 3. The van der Waals surface area contributed by atoms with Crippen molar-refractivity contribution in [1.29, 1.82) is 0 Å². The Hall–Kier alpha value is -3.42. The third-order valence-corrected chi connectivity index (χ3v) is 5.26. The molecule has 0 radical (unpaired) electrons. The molecule has 4 aromatic heterocycles. The quantitative estimate of drug-likeness (QED) is 0.477. The molecule has 4 aromatic rings. The number of nitrogens with zero attached hydrogens (tertiary/aromatic N) is 6. The summed E-state index contributed by atoms with van der Waals surface area (Å²) in [6.07, 6.45) is 1.73. The second-order valence-electron chi connectivity index (χ2n) is 7.92.